The van der Waals surface area contributed by atoms with Gasteiger partial charge in [-0.3, -0.25) is 29.5 Å². The number of methoxy groups -OCH3 is 1. The number of imide groups is 1. The second-order valence-corrected chi connectivity index (χ2v) is 24.2. The van der Waals surface area contributed by atoms with Crippen LogP contribution < -0.4 is 19.7 Å². The molecule has 18 nitrogen and oxygen atoms in total. The van der Waals surface area contributed by atoms with Crippen LogP contribution in [-0.4, -0.2) is 161 Å². The van der Waals surface area contributed by atoms with Gasteiger partial charge in [-0.15, -0.1) is 0 Å². The van der Waals surface area contributed by atoms with Crippen molar-refractivity contribution in [2.75, 3.05) is 91.0 Å². The van der Waals surface area contributed by atoms with E-state index in [9.17, 15) is 14.4 Å². The zero-order valence-electron chi connectivity index (χ0n) is 47.4. The number of ether oxygens (including phenoxy) is 5. The summed E-state index contributed by atoms with van der Waals surface area (Å²) in [5, 5.41) is 9.89. The SMILES string of the molecule is CCc1c(F)ccc2cc(OCOC)cc(-c3ncc4c(N5CCC[C@@]6(CCO6)C5)nc(OC[C@@]56CCCN5[C@H](COC(=O)N5CCC(CN7CCC(c8ccc9c(C%10CCC(=O)NC%10=O)nn(C)c9c8)CC7)CC5)CC6)nc4c3F)c12. The fourth-order valence-corrected chi connectivity index (χ4v) is 14.9. The minimum Gasteiger partial charge on any atom is -0.468 e. The third-order valence-electron chi connectivity index (χ3n) is 19.4. The number of nitrogens with one attached hydrogen (secondary N) is 1. The molecule has 0 saturated carbocycles. The van der Waals surface area contributed by atoms with Gasteiger partial charge in [-0.25, -0.2) is 13.6 Å². The van der Waals surface area contributed by atoms with Crippen molar-refractivity contribution in [1.82, 2.24) is 44.7 Å². The van der Waals surface area contributed by atoms with Crippen LogP contribution in [0, 0.1) is 17.6 Å². The van der Waals surface area contributed by atoms with Gasteiger partial charge in [0.2, 0.25) is 11.8 Å². The van der Waals surface area contributed by atoms with Crippen LogP contribution >= 0.6 is 0 Å². The van der Waals surface area contributed by atoms with E-state index in [-0.39, 0.29) is 64.9 Å². The molecule has 3 aromatic heterocycles. The van der Waals surface area contributed by atoms with Gasteiger partial charge in [-0.05, 0) is 155 Å². The van der Waals surface area contributed by atoms with E-state index in [1.807, 2.05) is 23.6 Å². The summed E-state index contributed by atoms with van der Waals surface area (Å²) in [6.07, 6.45) is 12.9. The highest BCUT2D eigenvalue weighted by atomic mass is 19.1. The first-order valence-corrected chi connectivity index (χ1v) is 29.8. The van der Waals surface area contributed by atoms with E-state index >= 15 is 8.78 Å². The van der Waals surface area contributed by atoms with Crippen LogP contribution in [0.15, 0.2) is 48.7 Å². The molecule has 10 heterocycles. The Morgan fingerprint density at radius 3 is 2.50 bits per heavy atom. The molecule has 6 aromatic rings. The second kappa shape index (κ2) is 22.5. The maximum Gasteiger partial charge on any atom is 0.409 e. The van der Waals surface area contributed by atoms with E-state index in [0.29, 0.717) is 116 Å². The molecule has 20 heteroatoms. The Labute approximate surface area is 476 Å². The normalized spacial score (nSPS) is 24.9. The van der Waals surface area contributed by atoms with Crippen LogP contribution in [0.5, 0.6) is 11.8 Å². The number of hydrogen-bond acceptors (Lipinski definition) is 15. The Hall–Kier alpha value is -6.61. The topological polar surface area (TPSA) is 179 Å². The van der Waals surface area contributed by atoms with Gasteiger partial charge in [0.05, 0.1) is 40.3 Å². The van der Waals surface area contributed by atoms with Crippen molar-refractivity contribution < 1.29 is 46.8 Å². The average molecular weight is 1130 g/mol. The predicted octanol–water partition coefficient (Wildman–Crippen LogP) is 8.94. The number of piperidine rings is 4. The monoisotopic (exact) mass is 1120 g/mol. The van der Waals surface area contributed by atoms with Crippen molar-refractivity contribution in [3.8, 4) is 23.0 Å². The maximum atomic E-state index is 17.6. The Kier molecular flexibility index (Phi) is 15.0. The number of anilines is 1. The lowest BCUT2D eigenvalue weighted by Crippen LogP contribution is -2.56. The van der Waals surface area contributed by atoms with E-state index in [4.69, 9.17) is 43.7 Å². The number of aromatic nitrogens is 5. The molecule has 1 N–H and O–H groups in total. The van der Waals surface area contributed by atoms with Crippen molar-refractivity contribution in [1.29, 1.82) is 0 Å². The third kappa shape index (κ3) is 10.3. The van der Waals surface area contributed by atoms with Gasteiger partial charge in [0, 0.05) is 82.9 Å². The maximum absolute atomic E-state index is 17.6. The van der Waals surface area contributed by atoms with E-state index in [2.05, 4.69) is 38.2 Å². The van der Waals surface area contributed by atoms with Gasteiger partial charge in [-0.2, -0.15) is 15.1 Å². The summed E-state index contributed by atoms with van der Waals surface area (Å²) in [4.78, 5) is 61.9. The van der Waals surface area contributed by atoms with E-state index in [0.717, 1.165) is 113 Å². The minimum atomic E-state index is -0.666. The highest BCUT2D eigenvalue weighted by Gasteiger charge is 2.51. The van der Waals surface area contributed by atoms with Crippen molar-refractivity contribution in [2.24, 2.45) is 13.0 Å². The summed E-state index contributed by atoms with van der Waals surface area (Å²) in [7, 11) is 3.45. The molecule has 13 rings (SSSR count). The van der Waals surface area contributed by atoms with Crippen molar-refractivity contribution >= 4 is 56.3 Å². The number of benzene rings is 3. The smallest absolute Gasteiger partial charge is 0.409 e. The Morgan fingerprint density at radius 1 is 0.890 bits per heavy atom. The van der Waals surface area contributed by atoms with Crippen molar-refractivity contribution in [2.45, 2.75) is 126 Å². The molecule has 82 heavy (non-hydrogen) atoms. The van der Waals surface area contributed by atoms with E-state index in [1.54, 1.807) is 24.4 Å². The summed E-state index contributed by atoms with van der Waals surface area (Å²) in [6, 6.07) is 13.2. The van der Waals surface area contributed by atoms with Gasteiger partial charge in [0.1, 0.15) is 41.8 Å². The summed E-state index contributed by atoms with van der Waals surface area (Å²) in [5.41, 5.74) is 3.38. The Morgan fingerprint density at radius 2 is 1.72 bits per heavy atom. The predicted molar refractivity (Wildman–Crippen MR) is 304 cm³/mol. The molecule has 0 radical (unpaired) electrons. The number of aryl methyl sites for hydroxylation is 2. The van der Waals surface area contributed by atoms with E-state index in [1.165, 1.54) is 18.7 Å². The number of fused-ring (bicyclic) bond motifs is 4. The average Bonchev–Trinajstić information content (AvgIpc) is 4.18. The molecular formula is C62H74F2N10O8. The highest BCUT2D eigenvalue weighted by Crippen LogP contribution is 2.45. The molecular weight excluding hydrogens is 1050 g/mol. The first kappa shape index (κ1) is 54.6. The van der Waals surface area contributed by atoms with Crippen LogP contribution in [-0.2, 0) is 37.3 Å². The number of carbonyl (C=O) groups excluding carboxylic acids is 3. The fraction of sp³-hybridized carbons (Fsp3) is 0.565. The van der Waals surface area contributed by atoms with Crippen LogP contribution in [0.2, 0.25) is 0 Å². The molecule has 3 aromatic carbocycles. The lowest BCUT2D eigenvalue weighted by Gasteiger charge is -2.48. The lowest BCUT2D eigenvalue weighted by atomic mass is 9.86. The minimum absolute atomic E-state index is 0.0164. The first-order chi connectivity index (χ1) is 39.9. The molecule has 0 bridgehead atoms. The van der Waals surface area contributed by atoms with Crippen LogP contribution in [0.3, 0.4) is 0 Å². The number of halogens is 2. The first-order valence-electron chi connectivity index (χ1n) is 29.8. The zero-order chi connectivity index (χ0) is 56.3. The van der Waals surface area contributed by atoms with Gasteiger partial charge < -0.3 is 38.4 Å². The molecule has 1 spiro atoms. The third-order valence-corrected chi connectivity index (χ3v) is 19.4. The number of likely N-dealkylation sites (tertiary alicyclic amines) is 2. The lowest BCUT2D eigenvalue weighted by molar-refractivity contribution is -0.151. The quantitative estimate of drug-likeness (QED) is 0.0761. The van der Waals surface area contributed by atoms with Gasteiger partial charge in [-0.1, -0.05) is 25.1 Å². The molecule has 434 valence electrons. The van der Waals surface area contributed by atoms with Crippen LogP contribution in [0.25, 0.3) is 43.8 Å². The van der Waals surface area contributed by atoms with Gasteiger partial charge in [0.15, 0.2) is 12.6 Å². The van der Waals surface area contributed by atoms with Crippen molar-refractivity contribution in [3.05, 3.63) is 77.1 Å². The number of pyridine rings is 1. The number of hydrogen-bond donors (Lipinski definition) is 1. The Bertz CT molecular complexity index is 3430. The zero-order valence-corrected chi connectivity index (χ0v) is 47.4. The highest BCUT2D eigenvalue weighted by molar-refractivity contribution is 6.03. The number of rotatable bonds is 15. The second-order valence-electron chi connectivity index (χ2n) is 24.2. The largest absolute Gasteiger partial charge is 0.468 e. The summed E-state index contributed by atoms with van der Waals surface area (Å²) in [5.74, 6) is -0.0206. The molecule has 0 aliphatic carbocycles. The molecule has 7 fully saturated rings. The molecule has 1 unspecified atom stereocenters. The van der Waals surface area contributed by atoms with E-state index < -0.39 is 11.7 Å². The number of amides is 3. The van der Waals surface area contributed by atoms with Gasteiger partial charge in [0.25, 0.3) is 0 Å². The summed E-state index contributed by atoms with van der Waals surface area (Å²) >= 11 is 0. The summed E-state index contributed by atoms with van der Waals surface area (Å²) in [6.45, 7) is 9.74. The summed E-state index contributed by atoms with van der Waals surface area (Å²) < 4.78 is 65.0. The molecule has 7 saturated heterocycles. The van der Waals surface area contributed by atoms with Gasteiger partial charge >= 0.3 is 12.1 Å². The standard InChI is InChI=1S/C62H74F2N10O8/c1-4-44-49(63)11-8-41-29-43(81-37-78-3)31-47(52(41)44)55-53(64)56-48(32-65-55)57(73-22-6-19-62(35-73)21-28-82-62)68-59(67-56)80-36-61-18-5-23-74(61)42(13-20-61)34-79-60(77)72-26-14-38(15-27-72)33-71-24-16-39(17-25-71)40-7-9-45-50(30-40)70(2)69-54(45)46-10-12-51(75)66-58(46)76/h7-9,11,29-32,38-39,42,46H,4-6,10,12-28,33-37H2,1-3H3,(H,66,75,76)/t42-,46?,61-,62+/m0/s1. The van der Waals surface area contributed by atoms with Crippen LogP contribution in [0.1, 0.15) is 119 Å². The molecule has 7 aliphatic rings. The van der Waals surface area contributed by atoms with Crippen molar-refractivity contribution in [3.63, 3.8) is 0 Å². The molecule has 4 atom stereocenters. The van der Waals surface area contributed by atoms with Crippen LogP contribution in [0.4, 0.5) is 19.4 Å². The number of nitrogens with zero attached hydrogens (tertiary/aromatic N) is 9. The number of carbonyl (C=O) groups is 3. The molecule has 7 aliphatic heterocycles. The Balaban J connectivity index is 0.642. The molecule has 3 amide bonds. The fourth-order valence-electron chi connectivity index (χ4n) is 14.9.